The number of hydrogen-bond donors (Lipinski definition) is 2. The average Bonchev–Trinajstić information content (AvgIpc) is 2.19. The van der Waals surface area contributed by atoms with Crippen LogP contribution in [0.1, 0.15) is 238 Å². The first-order valence-electron chi connectivity index (χ1n) is 30.2. The first kappa shape index (κ1) is 61.1. The average molecular weight is 1110 g/mol. The maximum absolute atomic E-state index is 11.6. The molecular weight excluding hydrogens is 1020 g/mol. The van der Waals surface area contributed by atoms with Crippen LogP contribution >= 0.6 is 0 Å². The van der Waals surface area contributed by atoms with Crippen molar-refractivity contribution in [3.63, 3.8) is 0 Å². The maximum Gasteiger partial charge on any atom is 0.101 e. The Morgan fingerprint density at radius 1 is 0.369 bits per heavy atom. The van der Waals surface area contributed by atoms with Crippen molar-refractivity contribution in [2.24, 2.45) is 15.0 Å². The first-order valence-corrected chi connectivity index (χ1v) is 30.2. The van der Waals surface area contributed by atoms with Crippen molar-refractivity contribution in [3.05, 3.63) is 215 Å². The number of aromatic amines is 1. The molecule has 434 valence electrons. The molecule has 4 aliphatic heterocycles. The van der Waals surface area contributed by atoms with Gasteiger partial charge in [0, 0.05) is 27.6 Å². The summed E-state index contributed by atoms with van der Waals surface area (Å²) in [6.45, 7) is 54.4. The number of aliphatic imine (C=N–C) groups is 3. The molecule has 5 aromatic rings. The van der Waals surface area contributed by atoms with E-state index in [1.54, 1.807) is 0 Å². The quantitative estimate of drug-likeness (QED) is 0.172. The Morgan fingerprint density at radius 2 is 0.679 bits per heavy atom. The second-order valence-corrected chi connectivity index (χ2v) is 32.2. The molecule has 5 heterocycles. The predicted molar refractivity (Wildman–Crippen MR) is 359 cm³/mol. The molecule has 0 radical (unpaired) electrons. The third kappa shape index (κ3) is 12.1. The van der Waals surface area contributed by atoms with Crippen molar-refractivity contribution in [3.8, 4) is 6.07 Å². The number of rotatable bonds is 4. The van der Waals surface area contributed by atoms with Crippen molar-refractivity contribution in [1.82, 2.24) is 4.98 Å². The zero-order valence-corrected chi connectivity index (χ0v) is 55.2. The van der Waals surface area contributed by atoms with E-state index in [-0.39, 0.29) is 43.3 Å². The Bertz CT molecular complexity index is 3970. The fourth-order valence-electron chi connectivity index (χ4n) is 11.2. The van der Waals surface area contributed by atoms with Crippen LogP contribution in [0.4, 0.5) is 0 Å². The molecule has 0 aliphatic carbocycles. The normalized spacial score (nSPS) is 16.3. The molecule has 2 N–H and O–H groups in total. The Morgan fingerprint density at radius 3 is 1.01 bits per heavy atom. The van der Waals surface area contributed by atoms with Gasteiger partial charge in [0.05, 0.1) is 50.7 Å². The second-order valence-electron chi connectivity index (χ2n) is 32.2. The van der Waals surface area contributed by atoms with Crippen molar-refractivity contribution in [1.29, 1.82) is 10.7 Å². The van der Waals surface area contributed by atoms with E-state index < -0.39 is 0 Å². The lowest BCUT2D eigenvalue weighted by molar-refractivity contribution is 0.567. The summed E-state index contributed by atoms with van der Waals surface area (Å²) in [5, 5.41) is 22.3. The molecule has 6 heteroatoms. The number of allylic oxidation sites excluding steroid dienone is 8. The lowest BCUT2D eigenvalue weighted by Gasteiger charge is -2.27. The zero-order chi connectivity index (χ0) is 62.0. The lowest BCUT2D eigenvalue weighted by Crippen LogP contribution is -2.24. The monoisotopic (exact) mass is 1110 g/mol. The third-order valence-electron chi connectivity index (χ3n) is 17.0. The van der Waals surface area contributed by atoms with E-state index in [2.05, 4.69) is 280 Å². The number of aromatic nitrogens is 1. The SMILES string of the molecule is CC(C)(C)c1cc(C2=C3C=CC(=N3)C(c3cc(C(C)(C)C)cc(C(C)(C)C)c3)=c3[nH]c(cc3C#N)=C(c3cc(C(C)(C)C)cc(C(C)(C)C)c3)C3=NC(=C(c4cc(C(C)(C)C)cc(C(C)(C)C)c4)C4=NC2=CC4=C=N)C=C3)cc(C(C)(C)C)c1. The van der Waals surface area contributed by atoms with Crippen LogP contribution in [0.2, 0.25) is 0 Å². The summed E-state index contributed by atoms with van der Waals surface area (Å²) >= 11 is 0. The van der Waals surface area contributed by atoms with Crippen molar-refractivity contribution < 1.29 is 0 Å². The maximum atomic E-state index is 11.6. The van der Waals surface area contributed by atoms with E-state index in [0.29, 0.717) is 27.9 Å². The van der Waals surface area contributed by atoms with Crippen LogP contribution in [0.25, 0.3) is 22.3 Å². The molecule has 4 aromatic carbocycles. The summed E-state index contributed by atoms with van der Waals surface area (Å²) < 4.78 is 0. The van der Waals surface area contributed by atoms with E-state index in [0.717, 1.165) is 72.7 Å². The van der Waals surface area contributed by atoms with Gasteiger partial charge in [0.2, 0.25) is 0 Å². The van der Waals surface area contributed by atoms with Gasteiger partial charge in [0.15, 0.2) is 0 Å². The Kier molecular flexibility index (Phi) is 15.0. The van der Waals surface area contributed by atoms with Crippen molar-refractivity contribution >= 4 is 45.3 Å². The molecule has 0 fully saturated rings. The number of hydrogen-bond acceptors (Lipinski definition) is 5. The topological polar surface area (TPSA) is 101 Å². The van der Waals surface area contributed by atoms with E-state index in [4.69, 9.17) is 15.0 Å². The zero-order valence-electron chi connectivity index (χ0n) is 55.2. The van der Waals surface area contributed by atoms with Gasteiger partial charge in [0.1, 0.15) is 6.07 Å². The van der Waals surface area contributed by atoms with Gasteiger partial charge in [-0.2, -0.15) is 5.26 Å². The molecule has 0 saturated carbocycles. The van der Waals surface area contributed by atoms with Gasteiger partial charge < -0.3 is 4.98 Å². The van der Waals surface area contributed by atoms with Crippen LogP contribution in [0.5, 0.6) is 0 Å². The molecule has 1 aromatic heterocycles. The summed E-state index contributed by atoms with van der Waals surface area (Å²) in [4.78, 5) is 21.4. The number of fused-ring (bicyclic) bond motifs is 5. The fraction of sp³-hybridized carbons (Fsp3) is 0.410. The minimum atomic E-state index is -0.198. The summed E-state index contributed by atoms with van der Waals surface area (Å²) in [6.07, 6.45) is 10.5. The fourth-order valence-corrected chi connectivity index (χ4v) is 11.2. The largest absolute Gasteiger partial charge is 0.353 e. The van der Waals surface area contributed by atoms with Gasteiger partial charge in [-0.1, -0.05) is 239 Å². The van der Waals surface area contributed by atoms with Crippen LogP contribution < -0.4 is 10.7 Å². The highest BCUT2D eigenvalue weighted by atomic mass is 14.9. The summed E-state index contributed by atoms with van der Waals surface area (Å²) in [5.74, 6) is 2.92. The van der Waals surface area contributed by atoms with Crippen molar-refractivity contribution in [2.75, 3.05) is 0 Å². The Labute approximate surface area is 503 Å². The van der Waals surface area contributed by atoms with Crippen LogP contribution in [0.15, 0.2) is 147 Å². The smallest absolute Gasteiger partial charge is 0.101 e. The van der Waals surface area contributed by atoms with Gasteiger partial charge in [-0.3, -0.25) is 5.41 Å². The molecular formula is C78H92N6. The molecule has 0 saturated heterocycles. The Balaban J connectivity index is 1.58. The van der Waals surface area contributed by atoms with Crippen LogP contribution in [0, 0.1) is 16.7 Å². The van der Waals surface area contributed by atoms with Crippen LogP contribution in [-0.2, 0) is 43.3 Å². The molecule has 84 heavy (non-hydrogen) atoms. The van der Waals surface area contributed by atoms with Crippen LogP contribution in [-0.4, -0.2) is 28.0 Å². The van der Waals surface area contributed by atoms with Crippen molar-refractivity contribution in [2.45, 2.75) is 209 Å². The molecule has 9 rings (SSSR count). The molecule has 0 spiro atoms. The van der Waals surface area contributed by atoms with E-state index >= 15 is 0 Å². The third-order valence-corrected chi connectivity index (χ3v) is 17.0. The van der Waals surface area contributed by atoms with E-state index in [1.807, 2.05) is 12.1 Å². The highest BCUT2D eigenvalue weighted by Crippen LogP contribution is 2.45. The predicted octanol–water partition coefficient (Wildman–Crippen LogP) is 18.0. The Hall–Kier alpha value is -7.45. The van der Waals surface area contributed by atoms with E-state index in [9.17, 15) is 10.7 Å². The number of benzene rings is 4. The molecule has 0 atom stereocenters. The van der Waals surface area contributed by atoms with Gasteiger partial charge in [-0.25, -0.2) is 15.0 Å². The van der Waals surface area contributed by atoms with Gasteiger partial charge in [-0.05, 0) is 152 Å². The number of nitriles is 1. The molecule has 0 unspecified atom stereocenters. The minimum Gasteiger partial charge on any atom is -0.353 e. The highest BCUT2D eigenvalue weighted by Gasteiger charge is 2.34. The number of nitrogens with one attached hydrogen (secondary N) is 2. The van der Waals surface area contributed by atoms with Gasteiger partial charge in [0.25, 0.3) is 0 Å². The summed E-state index contributed by atoms with van der Waals surface area (Å²) in [7, 11) is 0. The van der Waals surface area contributed by atoms with Gasteiger partial charge >= 0.3 is 0 Å². The van der Waals surface area contributed by atoms with Crippen LogP contribution in [0.3, 0.4) is 0 Å². The molecule has 4 aliphatic rings. The lowest BCUT2D eigenvalue weighted by atomic mass is 9.78. The summed E-state index contributed by atoms with van der Waals surface area (Å²) in [6, 6.07) is 32.6. The highest BCUT2D eigenvalue weighted by molar-refractivity contribution is 6.39. The number of nitrogens with zero attached hydrogens (tertiary/aromatic N) is 4. The molecule has 6 nitrogen and oxygen atoms in total. The summed E-state index contributed by atoms with van der Waals surface area (Å²) in [5.41, 5.74) is 20.6. The first-order chi connectivity index (χ1) is 38.5. The second kappa shape index (κ2) is 20.7. The number of H-pyrrole nitrogens is 1. The molecule has 0 amide bonds. The molecule has 8 bridgehead atoms. The van der Waals surface area contributed by atoms with Gasteiger partial charge in [-0.15, -0.1) is 0 Å². The minimum absolute atomic E-state index is 0.189. The standard InChI is InChI=1S/C78H92N6/c1-71(2,3)51-29-45(30-52(39-51)72(4,5)6)65-59-25-27-61(81-59)67(47-33-55(75(13,14)15)41-56(34-47)76(16,17)18)70-50(44-80)38-64(84-70)66(46-31-53(73(7,8)9)40-54(32-46)74(10,11)12)60-26-28-62(82-60)68(69-49(43-79)37-63(65)83-69)48-35-57(77(19,20)21)42-58(36-48)78(22,23)24/h25-42,79,84H,1-24H3. The van der Waals surface area contributed by atoms with E-state index in [1.165, 1.54) is 44.5 Å².